The van der Waals surface area contributed by atoms with Gasteiger partial charge in [-0.05, 0) is 49.4 Å². The summed E-state index contributed by atoms with van der Waals surface area (Å²) in [6, 6.07) is 5.06. The Balaban J connectivity index is 2.22. The number of sulfonamides is 1. The van der Waals surface area contributed by atoms with E-state index in [1.54, 1.807) is 23.1 Å². The molecular formula is C16H24N2O3S. The fourth-order valence-corrected chi connectivity index (χ4v) is 3.92. The molecule has 22 heavy (non-hydrogen) atoms. The van der Waals surface area contributed by atoms with Crippen molar-refractivity contribution in [3.63, 3.8) is 0 Å². The number of benzene rings is 1. The molecule has 0 unspecified atom stereocenters. The minimum Gasteiger partial charge on any atom is -0.309 e. The summed E-state index contributed by atoms with van der Waals surface area (Å²) in [5, 5.41) is 0. The lowest BCUT2D eigenvalue weighted by Gasteiger charge is -2.20. The number of carbonyl (C=O) groups is 1. The number of carbonyl (C=O) groups excluding carboxylic acids is 1. The smallest absolute Gasteiger partial charge is 0.240 e. The summed E-state index contributed by atoms with van der Waals surface area (Å²) in [4.78, 5) is 13.7. The Morgan fingerprint density at radius 1 is 1.41 bits per heavy atom. The predicted molar refractivity (Wildman–Crippen MR) is 87.4 cm³/mol. The van der Waals surface area contributed by atoms with Gasteiger partial charge in [0.05, 0.1) is 4.90 Å². The molecule has 0 aliphatic carbocycles. The molecule has 1 aliphatic rings. The van der Waals surface area contributed by atoms with Gasteiger partial charge in [0.15, 0.2) is 0 Å². The molecule has 1 amide bonds. The van der Waals surface area contributed by atoms with Crippen LogP contribution < -0.4 is 9.62 Å². The van der Waals surface area contributed by atoms with E-state index in [1.165, 1.54) is 6.92 Å². The van der Waals surface area contributed by atoms with Crippen LogP contribution in [0.15, 0.2) is 23.1 Å². The Morgan fingerprint density at radius 2 is 2.09 bits per heavy atom. The molecule has 1 heterocycles. The largest absolute Gasteiger partial charge is 0.309 e. The molecule has 0 spiro atoms. The van der Waals surface area contributed by atoms with E-state index in [-0.39, 0.29) is 16.8 Å². The molecule has 1 atom stereocenters. The van der Waals surface area contributed by atoms with Gasteiger partial charge in [-0.2, -0.15) is 0 Å². The van der Waals surface area contributed by atoms with E-state index in [1.807, 2.05) is 6.92 Å². The SMILES string of the molecule is CC(=O)N1c2ccc(S(=O)(=O)NCCC(C)C)cc2C[C@@H]1C. The highest BCUT2D eigenvalue weighted by Gasteiger charge is 2.30. The van der Waals surface area contributed by atoms with Crippen LogP contribution in [0, 0.1) is 5.92 Å². The molecule has 1 N–H and O–H groups in total. The summed E-state index contributed by atoms with van der Waals surface area (Å²) in [5.74, 6) is 0.435. The molecule has 2 rings (SSSR count). The summed E-state index contributed by atoms with van der Waals surface area (Å²) in [6.45, 7) is 8.05. The summed E-state index contributed by atoms with van der Waals surface area (Å²) >= 11 is 0. The summed E-state index contributed by atoms with van der Waals surface area (Å²) in [7, 11) is -3.49. The predicted octanol–water partition coefficient (Wildman–Crippen LogP) is 2.31. The van der Waals surface area contributed by atoms with Gasteiger partial charge in [0.25, 0.3) is 0 Å². The molecule has 5 nitrogen and oxygen atoms in total. The molecule has 6 heteroatoms. The molecule has 0 radical (unpaired) electrons. The molecule has 0 bridgehead atoms. The number of anilines is 1. The van der Waals surface area contributed by atoms with Crippen LogP contribution in [0.4, 0.5) is 5.69 Å². The van der Waals surface area contributed by atoms with Crippen molar-refractivity contribution in [3.8, 4) is 0 Å². The van der Waals surface area contributed by atoms with Crippen LogP contribution in [0.2, 0.25) is 0 Å². The number of rotatable bonds is 5. The minimum absolute atomic E-state index is 0.0167. The molecule has 0 saturated carbocycles. The lowest BCUT2D eigenvalue weighted by atomic mass is 10.1. The Labute approximate surface area is 132 Å². The van der Waals surface area contributed by atoms with Gasteiger partial charge in [-0.1, -0.05) is 13.8 Å². The van der Waals surface area contributed by atoms with E-state index in [4.69, 9.17) is 0 Å². The molecule has 0 fully saturated rings. The van der Waals surface area contributed by atoms with Crippen LogP contribution in [0.5, 0.6) is 0 Å². The first kappa shape index (κ1) is 17.0. The lowest BCUT2D eigenvalue weighted by Crippen LogP contribution is -2.33. The second kappa shape index (κ2) is 6.38. The van der Waals surface area contributed by atoms with Crippen molar-refractivity contribution in [2.75, 3.05) is 11.4 Å². The normalized spacial score (nSPS) is 17.9. The Hall–Kier alpha value is -1.40. The molecular weight excluding hydrogens is 300 g/mol. The maximum Gasteiger partial charge on any atom is 0.240 e. The number of nitrogens with zero attached hydrogens (tertiary/aromatic N) is 1. The quantitative estimate of drug-likeness (QED) is 0.904. The first-order valence-electron chi connectivity index (χ1n) is 7.64. The summed E-state index contributed by atoms with van der Waals surface area (Å²) in [5.41, 5.74) is 1.73. The second-order valence-electron chi connectivity index (χ2n) is 6.31. The zero-order valence-corrected chi connectivity index (χ0v) is 14.4. The maximum absolute atomic E-state index is 12.3. The molecule has 1 aromatic rings. The zero-order valence-electron chi connectivity index (χ0n) is 13.6. The molecule has 0 aromatic heterocycles. The molecule has 1 aromatic carbocycles. The van der Waals surface area contributed by atoms with Gasteiger partial charge < -0.3 is 4.90 Å². The average Bonchev–Trinajstić information content (AvgIpc) is 2.72. The van der Waals surface area contributed by atoms with E-state index >= 15 is 0 Å². The van der Waals surface area contributed by atoms with E-state index in [0.29, 0.717) is 18.9 Å². The van der Waals surface area contributed by atoms with Crippen molar-refractivity contribution in [1.82, 2.24) is 4.72 Å². The van der Waals surface area contributed by atoms with E-state index < -0.39 is 10.0 Å². The van der Waals surface area contributed by atoms with Gasteiger partial charge in [0, 0.05) is 25.2 Å². The standard InChI is InChI=1S/C16H24N2O3S/c1-11(2)7-8-17-22(20,21)15-5-6-16-14(10-15)9-12(3)18(16)13(4)19/h5-6,10-12,17H,7-9H2,1-4H3/t12-/m0/s1. The third-order valence-electron chi connectivity index (χ3n) is 3.93. The van der Waals surface area contributed by atoms with Gasteiger partial charge in [-0.3, -0.25) is 4.79 Å². The van der Waals surface area contributed by atoms with Crippen LogP contribution in [-0.4, -0.2) is 26.9 Å². The second-order valence-corrected chi connectivity index (χ2v) is 8.08. The van der Waals surface area contributed by atoms with Crippen molar-refractivity contribution in [1.29, 1.82) is 0 Å². The number of amides is 1. The van der Waals surface area contributed by atoms with Gasteiger partial charge in [0.1, 0.15) is 0 Å². The fourth-order valence-electron chi connectivity index (χ4n) is 2.82. The summed E-state index contributed by atoms with van der Waals surface area (Å²) in [6.07, 6.45) is 1.49. The number of hydrogen-bond donors (Lipinski definition) is 1. The topological polar surface area (TPSA) is 66.5 Å². The third-order valence-corrected chi connectivity index (χ3v) is 5.39. The van der Waals surface area contributed by atoms with Crippen LogP contribution in [-0.2, 0) is 21.2 Å². The van der Waals surface area contributed by atoms with E-state index in [0.717, 1.165) is 17.7 Å². The first-order chi connectivity index (χ1) is 10.2. The molecule has 1 aliphatic heterocycles. The number of nitrogens with one attached hydrogen (secondary N) is 1. The van der Waals surface area contributed by atoms with Crippen LogP contribution in [0.3, 0.4) is 0 Å². The van der Waals surface area contributed by atoms with Crippen LogP contribution in [0.25, 0.3) is 0 Å². The zero-order chi connectivity index (χ0) is 16.5. The summed E-state index contributed by atoms with van der Waals surface area (Å²) < 4.78 is 27.3. The number of hydrogen-bond acceptors (Lipinski definition) is 3. The first-order valence-corrected chi connectivity index (χ1v) is 9.13. The number of fused-ring (bicyclic) bond motifs is 1. The van der Waals surface area contributed by atoms with Crippen molar-refractivity contribution in [3.05, 3.63) is 23.8 Å². The van der Waals surface area contributed by atoms with E-state index in [2.05, 4.69) is 18.6 Å². The molecule has 122 valence electrons. The van der Waals surface area contributed by atoms with Gasteiger partial charge >= 0.3 is 0 Å². The van der Waals surface area contributed by atoms with Gasteiger partial charge in [-0.25, -0.2) is 13.1 Å². The fraction of sp³-hybridized carbons (Fsp3) is 0.562. The maximum atomic E-state index is 12.3. The average molecular weight is 324 g/mol. The highest BCUT2D eigenvalue weighted by Crippen LogP contribution is 2.33. The monoisotopic (exact) mass is 324 g/mol. The van der Waals surface area contributed by atoms with Crippen LogP contribution >= 0.6 is 0 Å². The third kappa shape index (κ3) is 3.50. The minimum atomic E-state index is -3.49. The van der Waals surface area contributed by atoms with Gasteiger partial charge in [-0.15, -0.1) is 0 Å². The van der Waals surface area contributed by atoms with Crippen molar-refractivity contribution in [2.24, 2.45) is 5.92 Å². The Bertz CT molecular complexity index is 668. The van der Waals surface area contributed by atoms with E-state index in [9.17, 15) is 13.2 Å². The Kier molecular flexibility index (Phi) is 4.92. The van der Waals surface area contributed by atoms with Crippen LogP contribution in [0.1, 0.15) is 39.7 Å². The van der Waals surface area contributed by atoms with Crippen molar-refractivity contribution in [2.45, 2.75) is 51.5 Å². The lowest BCUT2D eigenvalue weighted by molar-refractivity contribution is -0.116. The van der Waals surface area contributed by atoms with Gasteiger partial charge in [0.2, 0.25) is 15.9 Å². The molecule has 0 saturated heterocycles. The highest BCUT2D eigenvalue weighted by atomic mass is 32.2. The van der Waals surface area contributed by atoms with Crippen molar-refractivity contribution >= 4 is 21.6 Å². The Morgan fingerprint density at radius 3 is 2.68 bits per heavy atom. The van der Waals surface area contributed by atoms with Crippen molar-refractivity contribution < 1.29 is 13.2 Å². The highest BCUT2D eigenvalue weighted by molar-refractivity contribution is 7.89.